The third-order valence-corrected chi connectivity index (χ3v) is 13.1. The summed E-state index contributed by atoms with van der Waals surface area (Å²) >= 11 is 13.0. The Balaban J connectivity index is 1.04. The van der Waals surface area contributed by atoms with E-state index in [1.807, 2.05) is 54.8 Å². The van der Waals surface area contributed by atoms with Crippen molar-refractivity contribution in [2.24, 2.45) is 0 Å². The highest BCUT2D eigenvalue weighted by atomic mass is 35.5. The topological polar surface area (TPSA) is 212 Å². The smallest absolute Gasteiger partial charge is 0.317 e. The Morgan fingerprint density at radius 2 is 1.41 bits per heavy atom. The number of fused-ring (bicyclic) bond motifs is 3. The van der Waals surface area contributed by atoms with Crippen LogP contribution in [0.2, 0.25) is 10.0 Å². The standard InChI is InChI=1S/C49H61Cl2N9O10/c1-5-55-11-13-56(15-16-58(29-45(65)66)18-17-57(14-12-55)28-44(63)64)27-43(62)52-10-9-42(61)53-35-8-6-7-32(21-35)37-25-38-41(26-40(37)68-4)70-30-39-46(48(67)59-19-20-69-31-49(59,2)3)54-60(47(38)39)36-23-33(50)22-34(51)24-36/h6-8,21-26H,5,9-20,27-31H2,1-4H3,(H,52,62)(H,53,61)(H,63,64)(H,65,66). The maximum absolute atomic E-state index is 14.4. The first-order chi connectivity index (χ1) is 33.5. The van der Waals surface area contributed by atoms with Gasteiger partial charge in [-0.25, -0.2) is 4.68 Å². The van der Waals surface area contributed by atoms with E-state index in [1.54, 1.807) is 51.9 Å². The Bertz CT molecular complexity index is 2550. The van der Waals surface area contributed by atoms with E-state index in [2.05, 4.69) is 15.5 Å². The summed E-state index contributed by atoms with van der Waals surface area (Å²) in [6.07, 6.45) is 0.00128. The molecule has 19 nitrogen and oxygen atoms in total. The van der Waals surface area contributed by atoms with Gasteiger partial charge in [-0.1, -0.05) is 42.3 Å². The van der Waals surface area contributed by atoms with Gasteiger partial charge < -0.3 is 44.9 Å². The van der Waals surface area contributed by atoms with Crippen molar-refractivity contribution in [3.05, 3.63) is 75.9 Å². The molecule has 4 N–H and O–H groups in total. The number of carboxylic acids is 2. The van der Waals surface area contributed by atoms with E-state index in [9.17, 15) is 34.2 Å². The first kappa shape index (κ1) is 52.0. The van der Waals surface area contributed by atoms with Crippen LogP contribution >= 0.6 is 23.2 Å². The molecule has 1 aromatic heterocycles. The second kappa shape index (κ2) is 23.4. The first-order valence-corrected chi connectivity index (χ1v) is 24.1. The average Bonchev–Trinajstić information content (AvgIpc) is 3.70. The van der Waals surface area contributed by atoms with Gasteiger partial charge in [-0.15, -0.1) is 0 Å². The van der Waals surface area contributed by atoms with Gasteiger partial charge in [-0.2, -0.15) is 5.10 Å². The molecule has 0 unspecified atom stereocenters. The van der Waals surface area contributed by atoms with Gasteiger partial charge in [0, 0.05) is 110 Å². The van der Waals surface area contributed by atoms with Crippen molar-refractivity contribution in [2.45, 2.75) is 39.3 Å². The summed E-state index contributed by atoms with van der Waals surface area (Å²) in [5.41, 5.74) is 3.98. The first-order valence-electron chi connectivity index (χ1n) is 23.3. The number of halogens is 2. The second-order valence-electron chi connectivity index (χ2n) is 18.2. The maximum Gasteiger partial charge on any atom is 0.317 e. The van der Waals surface area contributed by atoms with Crippen LogP contribution in [0.1, 0.15) is 43.2 Å². The number of nitrogens with one attached hydrogen (secondary N) is 2. The van der Waals surface area contributed by atoms with Crippen molar-refractivity contribution in [3.63, 3.8) is 0 Å². The Morgan fingerprint density at radius 1 is 0.786 bits per heavy atom. The lowest BCUT2D eigenvalue weighted by Crippen LogP contribution is -2.55. The molecule has 3 aliphatic rings. The van der Waals surface area contributed by atoms with Gasteiger partial charge in [-0.3, -0.25) is 38.7 Å². The summed E-state index contributed by atoms with van der Waals surface area (Å²) in [4.78, 5) is 73.7. The third kappa shape index (κ3) is 13.1. The zero-order valence-corrected chi connectivity index (χ0v) is 41.5. The summed E-state index contributed by atoms with van der Waals surface area (Å²) in [6.45, 7) is 11.6. The minimum atomic E-state index is -0.987. The Kier molecular flexibility index (Phi) is 17.4. The number of benzene rings is 3. The highest BCUT2D eigenvalue weighted by molar-refractivity contribution is 6.34. The number of hydrogen-bond acceptors (Lipinski definition) is 13. The molecule has 0 bridgehead atoms. The summed E-state index contributed by atoms with van der Waals surface area (Å²) in [7, 11) is 1.56. The molecular weight excluding hydrogens is 945 g/mol. The van der Waals surface area contributed by atoms with Crippen molar-refractivity contribution in [1.82, 2.24) is 39.6 Å². The molecule has 70 heavy (non-hydrogen) atoms. The molecule has 376 valence electrons. The molecule has 0 saturated carbocycles. The molecule has 2 fully saturated rings. The molecule has 0 aliphatic carbocycles. The summed E-state index contributed by atoms with van der Waals surface area (Å²) in [5.74, 6) is -1.74. The van der Waals surface area contributed by atoms with Crippen molar-refractivity contribution in [1.29, 1.82) is 0 Å². The van der Waals surface area contributed by atoms with Crippen LogP contribution in [-0.2, 0) is 30.5 Å². The molecule has 0 radical (unpaired) electrons. The van der Waals surface area contributed by atoms with E-state index in [4.69, 9.17) is 42.5 Å². The van der Waals surface area contributed by atoms with Crippen LogP contribution in [0.5, 0.6) is 11.5 Å². The number of methoxy groups -OCH3 is 1. The number of nitrogens with zero attached hydrogens (tertiary/aromatic N) is 7. The van der Waals surface area contributed by atoms with Crippen LogP contribution in [0, 0.1) is 0 Å². The van der Waals surface area contributed by atoms with Crippen LogP contribution < -0.4 is 20.1 Å². The lowest BCUT2D eigenvalue weighted by molar-refractivity contribution is -0.140. The van der Waals surface area contributed by atoms with E-state index in [0.29, 0.717) is 133 Å². The molecule has 0 atom stereocenters. The van der Waals surface area contributed by atoms with E-state index in [-0.39, 0.29) is 62.6 Å². The van der Waals surface area contributed by atoms with Crippen LogP contribution in [-0.4, -0.2) is 192 Å². The number of aliphatic carboxylic acids is 2. The predicted molar refractivity (Wildman–Crippen MR) is 264 cm³/mol. The van der Waals surface area contributed by atoms with Crippen molar-refractivity contribution < 1.29 is 48.4 Å². The minimum Gasteiger partial charge on any atom is -0.496 e. The lowest BCUT2D eigenvalue weighted by Gasteiger charge is -2.41. The Hall–Kier alpha value is -5.80. The number of morpholine rings is 1. The highest BCUT2D eigenvalue weighted by Crippen LogP contribution is 2.47. The SMILES string of the molecule is CCN1CCN(CC(=O)O)CCN(CC(=O)O)CCN(CC(=O)NCCC(=O)Nc2cccc(-c3cc4c(cc3OC)OCc3c(C(=O)N5CCOCC5(C)C)nn(-c5cc(Cl)cc(Cl)c5)c3-4)c2)CC1. The number of ether oxygens (including phenoxy) is 3. The monoisotopic (exact) mass is 1010 g/mol. The largest absolute Gasteiger partial charge is 0.496 e. The van der Waals surface area contributed by atoms with Gasteiger partial charge in [0.1, 0.15) is 18.1 Å². The molecule has 3 aromatic carbocycles. The van der Waals surface area contributed by atoms with Crippen LogP contribution in [0.25, 0.3) is 28.1 Å². The number of hydrogen-bond donors (Lipinski definition) is 4. The van der Waals surface area contributed by atoms with E-state index >= 15 is 0 Å². The van der Waals surface area contributed by atoms with Gasteiger partial charge in [-0.05, 0) is 62.4 Å². The van der Waals surface area contributed by atoms with Gasteiger partial charge in [0.2, 0.25) is 11.8 Å². The van der Waals surface area contributed by atoms with Crippen molar-refractivity contribution >= 4 is 58.5 Å². The molecule has 3 aliphatic heterocycles. The number of anilines is 1. The summed E-state index contributed by atoms with van der Waals surface area (Å²) in [5, 5.41) is 30.5. The Labute approximate surface area is 417 Å². The number of likely N-dealkylation sites (N-methyl/N-ethyl adjacent to an activating group) is 1. The van der Waals surface area contributed by atoms with Crippen molar-refractivity contribution in [2.75, 3.05) is 117 Å². The van der Waals surface area contributed by atoms with Crippen LogP contribution in [0.4, 0.5) is 5.69 Å². The van der Waals surface area contributed by atoms with Gasteiger partial charge in [0.15, 0.2) is 5.69 Å². The molecule has 4 aromatic rings. The molecule has 4 heterocycles. The number of carboxylic acid groups (broad SMARTS) is 2. The quantitative estimate of drug-likeness (QED) is 0.129. The minimum absolute atomic E-state index is 0.00128. The zero-order chi connectivity index (χ0) is 50.1. The van der Waals surface area contributed by atoms with E-state index in [1.165, 1.54) is 0 Å². The fourth-order valence-electron chi connectivity index (χ4n) is 8.97. The van der Waals surface area contributed by atoms with Gasteiger partial charge >= 0.3 is 11.9 Å². The number of carbonyl (C=O) groups excluding carboxylic acids is 3. The number of amides is 3. The molecule has 21 heteroatoms. The van der Waals surface area contributed by atoms with Crippen LogP contribution in [0.15, 0.2) is 54.6 Å². The second-order valence-corrected chi connectivity index (χ2v) is 19.0. The van der Waals surface area contributed by atoms with Crippen molar-refractivity contribution in [3.8, 4) is 39.6 Å². The third-order valence-electron chi connectivity index (χ3n) is 12.7. The lowest BCUT2D eigenvalue weighted by atomic mass is 9.95. The average molecular weight is 1010 g/mol. The van der Waals surface area contributed by atoms with E-state index in [0.717, 1.165) is 6.54 Å². The van der Waals surface area contributed by atoms with Gasteiger partial charge in [0.25, 0.3) is 5.91 Å². The fourth-order valence-corrected chi connectivity index (χ4v) is 9.49. The number of rotatable bonds is 15. The molecule has 3 amide bonds. The molecule has 2 saturated heterocycles. The fraction of sp³-hybridized carbons (Fsp3) is 0.469. The van der Waals surface area contributed by atoms with Crippen LogP contribution in [0.3, 0.4) is 0 Å². The Morgan fingerprint density at radius 3 is 2.01 bits per heavy atom. The van der Waals surface area contributed by atoms with Gasteiger partial charge in [0.05, 0.1) is 56.9 Å². The number of aromatic nitrogens is 2. The maximum atomic E-state index is 14.4. The summed E-state index contributed by atoms with van der Waals surface area (Å²) < 4.78 is 19.6. The highest BCUT2D eigenvalue weighted by Gasteiger charge is 2.39. The summed E-state index contributed by atoms with van der Waals surface area (Å²) in [6, 6.07) is 16.1. The molecular formula is C49H61Cl2N9O10. The normalized spacial score (nSPS) is 17.3. The predicted octanol–water partition coefficient (Wildman–Crippen LogP) is 4.52. The molecule has 0 spiro atoms. The zero-order valence-electron chi connectivity index (χ0n) is 40.0. The molecule has 7 rings (SSSR count). The van der Waals surface area contributed by atoms with E-state index < -0.39 is 17.5 Å². The number of carbonyl (C=O) groups is 5.